The monoisotopic (exact) mass is 584 g/mol. The van der Waals surface area contributed by atoms with Crippen LogP contribution >= 0.6 is 0 Å². The standard InChI is InChI=1S/C34H40N2O5Si/c1-33(2,3)40-32(38)36-28-15-14-25(39-21-22-12-10-9-11-13-22)16-23(28)18-29(36)27-19-26(41-42(7,8)34(4,5)6)17-24-20-35-31(37)30(24)27/h9-19H,20-21H2,1-8H3,(H,35,37). The van der Waals surface area contributed by atoms with E-state index < -0.39 is 20.0 Å². The van der Waals surface area contributed by atoms with Gasteiger partial charge >= 0.3 is 6.09 Å². The largest absolute Gasteiger partial charge is 0.543 e. The van der Waals surface area contributed by atoms with E-state index in [4.69, 9.17) is 13.9 Å². The molecule has 0 bridgehead atoms. The molecular formula is C34H40N2O5Si. The van der Waals surface area contributed by atoms with Crippen molar-refractivity contribution in [2.75, 3.05) is 0 Å². The van der Waals surface area contributed by atoms with Crippen LogP contribution in [0.4, 0.5) is 4.79 Å². The van der Waals surface area contributed by atoms with Gasteiger partial charge in [0.15, 0.2) is 0 Å². The van der Waals surface area contributed by atoms with Crippen molar-refractivity contribution in [1.29, 1.82) is 0 Å². The number of hydrogen-bond donors (Lipinski definition) is 1. The molecule has 8 heteroatoms. The first-order valence-corrected chi connectivity index (χ1v) is 17.2. The van der Waals surface area contributed by atoms with E-state index >= 15 is 0 Å². The van der Waals surface area contributed by atoms with Crippen molar-refractivity contribution in [3.63, 3.8) is 0 Å². The minimum Gasteiger partial charge on any atom is -0.543 e. The molecule has 0 atom stereocenters. The van der Waals surface area contributed by atoms with Gasteiger partial charge in [0.2, 0.25) is 8.32 Å². The molecule has 0 aliphatic carbocycles. The summed E-state index contributed by atoms with van der Waals surface area (Å²) < 4.78 is 20.2. The first-order valence-electron chi connectivity index (χ1n) is 14.3. The van der Waals surface area contributed by atoms with Crippen LogP contribution in [0.1, 0.15) is 63.0 Å². The quantitative estimate of drug-likeness (QED) is 0.231. The molecule has 0 spiro atoms. The van der Waals surface area contributed by atoms with Crippen LogP contribution in [0.3, 0.4) is 0 Å². The Kier molecular flexibility index (Phi) is 7.47. The van der Waals surface area contributed by atoms with Gasteiger partial charge in [0.05, 0.1) is 16.8 Å². The lowest BCUT2D eigenvalue weighted by molar-refractivity contribution is 0.0546. The van der Waals surface area contributed by atoms with Crippen LogP contribution in [-0.2, 0) is 17.9 Å². The molecule has 220 valence electrons. The molecule has 3 aromatic carbocycles. The van der Waals surface area contributed by atoms with Crippen molar-refractivity contribution < 1.29 is 23.5 Å². The van der Waals surface area contributed by atoms with Gasteiger partial charge in [0.1, 0.15) is 23.7 Å². The average Bonchev–Trinajstić information content (AvgIpc) is 3.46. The Morgan fingerprint density at radius 1 is 0.929 bits per heavy atom. The first-order chi connectivity index (χ1) is 19.6. The number of benzene rings is 3. The highest BCUT2D eigenvalue weighted by Gasteiger charge is 2.39. The Bertz CT molecular complexity index is 1660. The number of nitrogens with one attached hydrogen (secondary N) is 1. The summed E-state index contributed by atoms with van der Waals surface area (Å²) in [5, 5.41) is 3.73. The molecule has 42 heavy (non-hydrogen) atoms. The predicted octanol–water partition coefficient (Wildman–Crippen LogP) is 8.30. The van der Waals surface area contributed by atoms with E-state index in [-0.39, 0.29) is 10.9 Å². The van der Waals surface area contributed by atoms with E-state index in [1.807, 2.05) is 87.5 Å². The summed E-state index contributed by atoms with van der Waals surface area (Å²) >= 11 is 0. The summed E-state index contributed by atoms with van der Waals surface area (Å²) in [6, 6.07) is 21.4. The normalized spacial score (nSPS) is 13.6. The number of fused-ring (bicyclic) bond motifs is 2. The van der Waals surface area contributed by atoms with Gasteiger partial charge in [-0.15, -0.1) is 0 Å². The zero-order valence-corrected chi connectivity index (χ0v) is 26.8. The van der Waals surface area contributed by atoms with Gasteiger partial charge in [0.25, 0.3) is 5.91 Å². The molecular weight excluding hydrogens is 544 g/mol. The maximum absolute atomic E-state index is 13.7. The highest BCUT2D eigenvalue weighted by atomic mass is 28.4. The van der Waals surface area contributed by atoms with Crippen LogP contribution in [0.15, 0.2) is 66.7 Å². The topological polar surface area (TPSA) is 78.8 Å². The van der Waals surface area contributed by atoms with Gasteiger partial charge in [-0.2, -0.15) is 0 Å². The van der Waals surface area contributed by atoms with E-state index in [2.05, 4.69) is 39.2 Å². The molecule has 4 aromatic rings. The molecule has 0 radical (unpaired) electrons. The molecule has 0 saturated carbocycles. The summed E-state index contributed by atoms with van der Waals surface area (Å²) in [4.78, 5) is 26.9. The van der Waals surface area contributed by atoms with E-state index in [0.29, 0.717) is 47.0 Å². The van der Waals surface area contributed by atoms with Crippen LogP contribution in [0.2, 0.25) is 18.1 Å². The third-order valence-corrected chi connectivity index (χ3v) is 12.3. The smallest absolute Gasteiger partial charge is 0.419 e. The first kappa shape index (κ1) is 29.4. The second-order valence-electron chi connectivity index (χ2n) is 13.4. The fraction of sp³-hybridized carbons (Fsp3) is 0.353. The molecule has 7 nitrogen and oxygen atoms in total. The highest BCUT2D eigenvalue weighted by molar-refractivity contribution is 6.74. The number of carbonyl (C=O) groups is 2. The van der Waals surface area contributed by atoms with Crippen molar-refractivity contribution in [3.05, 3.63) is 83.4 Å². The van der Waals surface area contributed by atoms with Crippen LogP contribution in [0.25, 0.3) is 22.2 Å². The fourth-order valence-corrected chi connectivity index (χ4v) is 5.79. The predicted molar refractivity (Wildman–Crippen MR) is 169 cm³/mol. The number of ether oxygens (including phenoxy) is 2. The average molecular weight is 585 g/mol. The van der Waals surface area contributed by atoms with Gasteiger partial charge in [-0.3, -0.25) is 4.79 Å². The SMILES string of the molecule is CC(C)(C)OC(=O)n1c(-c2cc(O[Si](C)(C)C(C)(C)C)cc3c2C(=O)NC3)cc2cc(OCc3ccccc3)ccc21. The summed E-state index contributed by atoms with van der Waals surface area (Å²) in [6.07, 6.45) is -0.520. The zero-order chi connectivity index (χ0) is 30.4. The van der Waals surface area contributed by atoms with Gasteiger partial charge in [-0.1, -0.05) is 51.1 Å². The molecule has 2 heterocycles. The molecule has 0 fully saturated rings. The summed E-state index contributed by atoms with van der Waals surface area (Å²) in [7, 11) is -2.18. The minimum atomic E-state index is -2.18. The zero-order valence-electron chi connectivity index (χ0n) is 25.8. The lowest BCUT2D eigenvalue weighted by atomic mass is 9.99. The number of aromatic nitrogens is 1. The number of hydrogen-bond acceptors (Lipinski definition) is 5. The third kappa shape index (κ3) is 5.95. The van der Waals surface area contributed by atoms with Gasteiger partial charge in [-0.25, -0.2) is 9.36 Å². The summed E-state index contributed by atoms with van der Waals surface area (Å²) in [5.74, 6) is 1.20. The molecule has 1 aliphatic rings. The molecule has 1 amide bonds. The Morgan fingerprint density at radius 2 is 1.64 bits per heavy atom. The Balaban J connectivity index is 1.65. The Hall–Kier alpha value is -4.04. The van der Waals surface area contributed by atoms with Gasteiger partial charge < -0.3 is 19.2 Å². The van der Waals surface area contributed by atoms with Crippen molar-refractivity contribution in [1.82, 2.24) is 9.88 Å². The summed E-state index contributed by atoms with van der Waals surface area (Å²) in [6.45, 7) is 17.3. The molecule has 1 aliphatic heterocycles. The lowest BCUT2D eigenvalue weighted by Gasteiger charge is -2.36. The van der Waals surface area contributed by atoms with Crippen LogP contribution in [-0.4, -0.2) is 30.5 Å². The van der Waals surface area contributed by atoms with Gasteiger partial charge in [-0.05, 0) is 86.4 Å². The van der Waals surface area contributed by atoms with Crippen LogP contribution in [0.5, 0.6) is 11.5 Å². The number of rotatable bonds is 6. The maximum Gasteiger partial charge on any atom is 0.419 e. The molecule has 1 N–H and O–H groups in total. The van der Waals surface area contributed by atoms with Crippen molar-refractivity contribution in [2.45, 2.75) is 78.4 Å². The van der Waals surface area contributed by atoms with Gasteiger partial charge in [0, 0.05) is 17.5 Å². The lowest BCUT2D eigenvalue weighted by Crippen LogP contribution is -2.43. The molecule has 0 unspecified atom stereocenters. The van der Waals surface area contributed by atoms with E-state index in [0.717, 1.165) is 16.5 Å². The second-order valence-corrected chi connectivity index (χ2v) is 18.1. The fourth-order valence-electron chi connectivity index (χ4n) is 4.78. The number of carbonyl (C=O) groups excluding carboxylic acids is 2. The number of amides is 1. The Labute approximate surface area is 248 Å². The maximum atomic E-state index is 13.7. The van der Waals surface area contributed by atoms with Crippen LogP contribution in [0, 0.1) is 0 Å². The second kappa shape index (κ2) is 10.7. The minimum absolute atomic E-state index is 0.0121. The van der Waals surface area contributed by atoms with E-state index in [1.165, 1.54) is 0 Å². The Morgan fingerprint density at radius 3 is 2.31 bits per heavy atom. The van der Waals surface area contributed by atoms with Crippen molar-refractivity contribution in [2.24, 2.45) is 0 Å². The highest BCUT2D eigenvalue weighted by Crippen LogP contribution is 2.41. The molecule has 1 aromatic heterocycles. The molecule has 5 rings (SSSR count). The third-order valence-electron chi connectivity index (χ3n) is 7.91. The number of nitrogens with zero attached hydrogens (tertiary/aromatic N) is 1. The van der Waals surface area contributed by atoms with E-state index in [9.17, 15) is 9.59 Å². The van der Waals surface area contributed by atoms with Crippen molar-refractivity contribution in [3.8, 4) is 22.8 Å². The molecule has 0 saturated heterocycles. The van der Waals surface area contributed by atoms with Crippen molar-refractivity contribution >= 4 is 31.2 Å². The van der Waals surface area contributed by atoms with E-state index in [1.54, 1.807) is 4.57 Å². The summed E-state index contributed by atoms with van der Waals surface area (Å²) in [5.41, 5.74) is 3.60. The van der Waals surface area contributed by atoms with Crippen LogP contribution < -0.4 is 14.5 Å².